The Kier molecular flexibility index (Phi) is 4.36. The Morgan fingerprint density at radius 3 is 2.93 bits per heavy atom. The van der Waals surface area contributed by atoms with E-state index in [2.05, 4.69) is 48.9 Å². The number of nitrogens with one attached hydrogen (secondary N) is 1. The first-order valence-corrected chi connectivity index (χ1v) is 10.8. The SMILES string of the molecule is Cn1c(C2CCCCC2O)nnc1N1CCSc2c([nH]c3ccccc23)C1. The summed E-state index contributed by atoms with van der Waals surface area (Å²) in [5.74, 6) is 2.94. The molecule has 27 heavy (non-hydrogen) atoms. The van der Waals surface area contributed by atoms with Crippen LogP contribution in [0, 0.1) is 0 Å². The Bertz CT molecular complexity index is 965. The summed E-state index contributed by atoms with van der Waals surface area (Å²) in [5.41, 5.74) is 2.45. The first-order valence-electron chi connectivity index (χ1n) is 9.77. The highest BCUT2D eigenvalue weighted by Crippen LogP contribution is 2.37. The molecule has 3 heterocycles. The van der Waals surface area contributed by atoms with Gasteiger partial charge >= 0.3 is 0 Å². The van der Waals surface area contributed by atoms with Crippen molar-refractivity contribution in [3.8, 4) is 0 Å². The first kappa shape index (κ1) is 17.1. The number of aromatic nitrogens is 4. The molecule has 2 atom stereocenters. The molecule has 2 N–H and O–H groups in total. The second-order valence-electron chi connectivity index (χ2n) is 7.62. The minimum atomic E-state index is -0.297. The van der Waals surface area contributed by atoms with Gasteiger partial charge in [-0.25, -0.2) is 0 Å². The molecule has 2 unspecified atom stereocenters. The van der Waals surface area contributed by atoms with Crippen LogP contribution in [0.4, 0.5) is 5.95 Å². The molecule has 5 rings (SSSR count). The van der Waals surface area contributed by atoms with Gasteiger partial charge in [0.25, 0.3) is 0 Å². The van der Waals surface area contributed by atoms with Gasteiger partial charge < -0.3 is 19.6 Å². The number of thioether (sulfide) groups is 1. The third kappa shape index (κ3) is 2.93. The van der Waals surface area contributed by atoms with Crippen LogP contribution in [0.2, 0.25) is 0 Å². The summed E-state index contributed by atoms with van der Waals surface area (Å²) in [6.45, 7) is 1.73. The number of hydrogen-bond acceptors (Lipinski definition) is 5. The molecule has 6 nitrogen and oxygen atoms in total. The molecule has 2 aliphatic rings. The monoisotopic (exact) mass is 383 g/mol. The fourth-order valence-electron chi connectivity index (χ4n) is 4.49. The predicted molar refractivity (Wildman–Crippen MR) is 108 cm³/mol. The highest BCUT2D eigenvalue weighted by atomic mass is 32.2. The maximum atomic E-state index is 10.4. The van der Waals surface area contributed by atoms with Gasteiger partial charge in [0.05, 0.1) is 12.6 Å². The van der Waals surface area contributed by atoms with Crippen LogP contribution < -0.4 is 4.90 Å². The first-order chi connectivity index (χ1) is 13.2. The molecule has 3 aromatic rings. The maximum absolute atomic E-state index is 10.4. The summed E-state index contributed by atoms with van der Waals surface area (Å²) in [6, 6.07) is 8.51. The van der Waals surface area contributed by atoms with Crippen molar-refractivity contribution >= 4 is 28.6 Å². The Hall–Kier alpha value is -1.99. The third-order valence-electron chi connectivity index (χ3n) is 5.92. The molecule has 1 aromatic carbocycles. The molecule has 1 aliphatic heterocycles. The number of rotatable bonds is 2. The molecule has 0 saturated heterocycles. The molecule has 0 radical (unpaired) electrons. The van der Waals surface area contributed by atoms with Gasteiger partial charge in [0.15, 0.2) is 0 Å². The lowest BCUT2D eigenvalue weighted by Crippen LogP contribution is -2.28. The Morgan fingerprint density at radius 1 is 1.19 bits per heavy atom. The second kappa shape index (κ2) is 6.87. The van der Waals surface area contributed by atoms with Gasteiger partial charge in [0, 0.05) is 46.8 Å². The molecular weight excluding hydrogens is 358 g/mol. The smallest absolute Gasteiger partial charge is 0.227 e. The van der Waals surface area contributed by atoms with E-state index in [1.165, 1.54) is 21.5 Å². The van der Waals surface area contributed by atoms with E-state index in [9.17, 15) is 5.11 Å². The summed E-state index contributed by atoms with van der Waals surface area (Å²) in [4.78, 5) is 7.26. The van der Waals surface area contributed by atoms with E-state index < -0.39 is 0 Å². The largest absolute Gasteiger partial charge is 0.392 e. The average molecular weight is 384 g/mol. The number of aromatic amines is 1. The number of para-hydroxylation sites is 1. The van der Waals surface area contributed by atoms with Gasteiger partial charge in [-0.15, -0.1) is 22.0 Å². The predicted octanol–water partition coefficient (Wildman–Crippen LogP) is 3.43. The number of anilines is 1. The zero-order valence-corrected chi connectivity index (χ0v) is 16.4. The molecule has 1 aliphatic carbocycles. The van der Waals surface area contributed by atoms with E-state index >= 15 is 0 Å². The number of H-pyrrole nitrogens is 1. The van der Waals surface area contributed by atoms with E-state index in [0.717, 1.165) is 56.3 Å². The Labute approximate surface area is 163 Å². The lowest BCUT2D eigenvalue weighted by Gasteiger charge is -2.27. The van der Waals surface area contributed by atoms with Crippen molar-refractivity contribution in [1.29, 1.82) is 0 Å². The fourth-order valence-corrected chi connectivity index (χ4v) is 5.63. The fraction of sp³-hybridized carbons (Fsp3) is 0.500. The van der Waals surface area contributed by atoms with Crippen LogP contribution >= 0.6 is 11.8 Å². The van der Waals surface area contributed by atoms with Gasteiger partial charge in [0.2, 0.25) is 5.95 Å². The van der Waals surface area contributed by atoms with Crippen LogP contribution in [0.25, 0.3) is 10.9 Å². The summed E-state index contributed by atoms with van der Waals surface area (Å²) in [6.07, 6.45) is 3.83. The highest BCUT2D eigenvalue weighted by molar-refractivity contribution is 7.99. The molecule has 142 valence electrons. The highest BCUT2D eigenvalue weighted by Gasteiger charge is 2.30. The van der Waals surface area contributed by atoms with Crippen molar-refractivity contribution in [3.05, 3.63) is 35.8 Å². The summed E-state index contributed by atoms with van der Waals surface area (Å²) < 4.78 is 2.09. The number of nitrogens with zero attached hydrogens (tertiary/aromatic N) is 4. The summed E-state index contributed by atoms with van der Waals surface area (Å²) >= 11 is 1.91. The van der Waals surface area contributed by atoms with Crippen LogP contribution in [0.1, 0.15) is 43.1 Å². The van der Waals surface area contributed by atoms with Crippen molar-refractivity contribution in [2.24, 2.45) is 7.05 Å². The van der Waals surface area contributed by atoms with Crippen LogP contribution in [0.3, 0.4) is 0 Å². The summed E-state index contributed by atoms with van der Waals surface area (Å²) in [7, 11) is 2.04. The molecule has 0 amide bonds. The van der Waals surface area contributed by atoms with Crippen molar-refractivity contribution in [2.45, 2.75) is 49.1 Å². The van der Waals surface area contributed by atoms with Crippen LogP contribution in [-0.2, 0) is 13.6 Å². The van der Waals surface area contributed by atoms with E-state index in [4.69, 9.17) is 0 Å². The van der Waals surface area contributed by atoms with Crippen LogP contribution in [0.15, 0.2) is 29.2 Å². The molecule has 0 spiro atoms. The minimum Gasteiger partial charge on any atom is -0.392 e. The molecule has 0 bridgehead atoms. The molecular formula is C20H25N5OS. The second-order valence-corrected chi connectivity index (χ2v) is 8.73. The van der Waals surface area contributed by atoms with E-state index in [-0.39, 0.29) is 12.0 Å². The van der Waals surface area contributed by atoms with Crippen LogP contribution in [-0.4, -0.2) is 43.3 Å². The van der Waals surface area contributed by atoms with E-state index in [0.29, 0.717) is 0 Å². The third-order valence-corrected chi connectivity index (χ3v) is 7.06. The van der Waals surface area contributed by atoms with E-state index in [1.807, 2.05) is 18.8 Å². The number of aliphatic hydroxyl groups excluding tert-OH is 1. The topological polar surface area (TPSA) is 70.0 Å². The number of fused-ring (bicyclic) bond motifs is 3. The summed E-state index contributed by atoms with van der Waals surface area (Å²) in [5, 5.41) is 20.7. The standard InChI is InChI=1S/C20H25N5OS/c1-24-19(14-7-3-5-9-17(14)26)22-23-20(24)25-10-11-27-18-13-6-2-4-8-15(13)21-16(18)12-25/h2,4,6,8,14,17,21,26H,3,5,7,9-12H2,1H3. The normalized spacial score (nSPS) is 23.4. The van der Waals surface area contributed by atoms with Gasteiger partial charge in [-0.3, -0.25) is 0 Å². The van der Waals surface area contributed by atoms with Crippen molar-refractivity contribution in [2.75, 3.05) is 17.2 Å². The maximum Gasteiger partial charge on any atom is 0.227 e. The van der Waals surface area contributed by atoms with Gasteiger partial charge in [-0.05, 0) is 18.9 Å². The molecule has 1 saturated carbocycles. The quantitative estimate of drug-likeness (QED) is 0.710. The lowest BCUT2D eigenvalue weighted by atomic mass is 9.86. The molecule has 7 heteroatoms. The number of benzene rings is 1. The van der Waals surface area contributed by atoms with Crippen molar-refractivity contribution < 1.29 is 5.11 Å². The Morgan fingerprint density at radius 2 is 2.04 bits per heavy atom. The average Bonchev–Trinajstić information content (AvgIpc) is 3.15. The van der Waals surface area contributed by atoms with Crippen molar-refractivity contribution in [1.82, 2.24) is 19.7 Å². The number of hydrogen-bond donors (Lipinski definition) is 2. The minimum absolute atomic E-state index is 0.106. The lowest BCUT2D eigenvalue weighted by molar-refractivity contribution is 0.101. The van der Waals surface area contributed by atoms with E-state index in [1.54, 1.807) is 0 Å². The molecule has 2 aromatic heterocycles. The van der Waals surface area contributed by atoms with Gasteiger partial charge in [-0.1, -0.05) is 31.0 Å². The zero-order chi connectivity index (χ0) is 18.4. The zero-order valence-electron chi connectivity index (χ0n) is 15.6. The molecule has 1 fully saturated rings. The van der Waals surface area contributed by atoms with Gasteiger partial charge in [-0.2, -0.15) is 0 Å². The number of aliphatic hydroxyl groups is 1. The Balaban J connectivity index is 1.46. The van der Waals surface area contributed by atoms with Crippen LogP contribution in [0.5, 0.6) is 0 Å². The van der Waals surface area contributed by atoms with Crippen molar-refractivity contribution in [3.63, 3.8) is 0 Å². The van der Waals surface area contributed by atoms with Gasteiger partial charge in [0.1, 0.15) is 5.82 Å².